The van der Waals surface area contributed by atoms with Crippen LogP contribution in [-0.4, -0.2) is 48.1 Å². The van der Waals surface area contributed by atoms with Gasteiger partial charge in [-0.15, -0.1) is 0 Å². The zero-order chi connectivity index (χ0) is 15.5. The number of amides is 1. The van der Waals surface area contributed by atoms with Crippen molar-refractivity contribution in [3.8, 4) is 5.75 Å². The van der Waals surface area contributed by atoms with Gasteiger partial charge in [-0.2, -0.15) is 0 Å². The van der Waals surface area contributed by atoms with Crippen LogP contribution in [0.25, 0.3) is 10.9 Å². The molecule has 1 saturated heterocycles. The first-order valence-electron chi connectivity index (χ1n) is 7.71. The Morgan fingerprint density at radius 1 is 1.27 bits per heavy atom. The summed E-state index contributed by atoms with van der Waals surface area (Å²) in [4.78, 5) is 19.1. The minimum absolute atomic E-state index is 0.0654. The lowest BCUT2D eigenvalue weighted by Gasteiger charge is -2.28. The number of nitrogens with zero attached hydrogens (tertiary/aromatic N) is 2. The topological polar surface area (TPSA) is 54.5 Å². The van der Waals surface area contributed by atoms with Crippen molar-refractivity contribution in [2.75, 3.05) is 26.2 Å². The summed E-state index contributed by atoms with van der Waals surface area (Å²) >= 11 is 0. The van der Waals surface area contributed by atoms with E-state index < -0.39 is 0 Å². The van der Waals surface area contributed by atoms with Crippen LogP contribution in [0.2, 0.25) is 0 Å². The number of ether oxygens (including phenoxy) is 1. The Bertz CT molecular complexity index is 679. The largest absolute Gasteiger partial charge is 0.489 e. The number of rotatable bonds is 3. The van der Waals surface area contributed by atoms with Gasteiger partial charge in [0, 0.05) is 43.3 Å². The van der Waals surface area contributed by atoms with E-state index in [0.717, 1.165) is 42.8 Å². The molecule has 0 radical (unpaired) electrons. The monoisotopic (exact) mass is 299 g/mol. The maximum Gasteiger partial charge on any atom is 0.254 e. The van der Waals surface area contributed by atoms with Crippen molar-refractivity contribution < 1.29 is 9.53 Å². The van der Waals surface area contributed by atoms with Crippen LogP contribution in [0.3, 0.4) is 0 Å². The zero-order valence-corrected chi connectivity index (χ0v) is 13.0. The third-order valence-electron chi connectivity index (χ3n) is 3.73. The van der Waals surface area contributed by atoms with E-state index in [0.29, 0.717) is 5.56 Å². The van der Waals surface area contributed by atoms with Crippen molar-refractivity contribution >= 4 is 16.8 Å². The summed E-state index contributed by atoms with van der Waals surface area (Å²) in [5, 5.41) is 4.11. The first kappa shape index (κ1) is 14.8. The molecule has 1 aliphatic rings. The number of hydrogen-bond donors (Lipinski definition) is 1. The van der Waals surface area contributed by atoms with Crippen LogP contribution in [0.4, 0.5) is 0 Å². The van der Waals surface area contributed by atoms with Gasteiger partial charge in [-0.25, -0.2) is 0 Å². The van der Waals surface area contributed by atoms with Crippen molar-refractivity contribution in [1.82, 2.24) is 15.2 Å². The van der Waals surface area contributed by atoms with Crippen molar-refractivity contribution in [1.29, 1.82) is 0 Å². The SMILES string of the molecule is CC(C)Oc1ccc(C(=O)N2CCNCC2)c2cccnc12. The van der Waals surface area contributed by atoms with Gasteiger partial charge in [0.15, 0.2) is 0 Å². The van der Waals surface area contributed by atoms with Crippen molar-refractivity contribution in [3.63, 3.8) is 0 Å². The number of nitrogens with one attached hydrogen (secondary N) is 1. The van der Waals surface area contributed by atoms with E-state index in [2.05, 4.69) is 10.3 Å². The lowest BCUT2D eigenvalue weighted by Crippen LogP contribution is -2.46. The van der Waals surface area contributed by atoms with Crippen molar-refractivity contribution in [2.24, 2.45) is 0 Å². The normalized spacial score (nSPS) is 15.3. The Labute approximate surface area is 130 Å². The molecule has 0 bridgehead atoms. The molecule has 0 aliphatic carbocycles. The minimum Gasteiger partial charge on any atom is -0.489 e. The number of carbonyl (C=O) groups is 1. The number of benzene rings is 1. The molecule has 1 N–H and O–H groups in total. The second-order valence-electron chi connectivity index (χ2n) is 5.72. The standard InChI is InChI=1S/C17H21N3O2/c1-12(2)22-15-6-5-14(13-4-3-7-19-16(13)15)17(21)20-10-8-18-9-11-20/h3-7,12,18H,8-11H2,1-2H3. The maximum absolute atomic E-state index is 12.8. The van der Waals surface area contributed by atoms with Crippen LogP contribution in [0, 0.1) is 0 Å². The molecule has 22 heavy (non-hydrogen) atoms. The fourth-order valence-corrected chi connectivity index (χ4v) is 2.72. The van der Waals surface area contributed by atoms with E-state index in [-0.39, 0.29) is 12.0 Å². The highest BCUT2D eigenvalue weighted by Gasteiger charge is 2.21. The Hall–Kier alpha value is -2.14. The number of fused-ring (bicyclic) bond motifs is 1. The Morgan fingerprint density at radius 2 is 2.05 bits per heavy atom. The van der Waals surface area contributed by atoms with E-state index in [1.807, 2.05) is 43.0 Å². The van der Waals surface area contributed by atoms with Crippen LogP contribution in [0.1, 0.15) is 24.2 Å². The van der Waals surface area contributed by atoms with Crippen LogP contribution in [0.5, 0.6) is 5.75 Å². The van der Waals surface area contributed by atoms with E-state index >= 15 is 0 Å². The number of hydrogen-bond acceptors (Lipinski definition) is 4. The van der Waals surface area contributed by atoms with Crippen LogP contribution in [0.15, 0.2) is 30.5 Å². The first-order valence-corrected chi connectivity index (χ1v) is 7.71. The Balaban J connectivity index is 2.01. The van der Waals surface area contributed by atoms with Gasteiger partial charge in [-0.3, -0.25) is 9.78 Å². The summed E-state index contributed by atoms with van der Waals surface area (Å²) in [6, 6.07) is 7.50. The van der Waals surface area contributed by atoms with Gasteiger partial charge in [-0.05, 0) is 32.0 Å². The molecule has 0 spiro atoms. The lowest BCUT2D eigenvalue weighted by molar-refractivity contribution is 0.0738. The van der Waals surface area contributed by atoms with E-state index in [4.69, 9.17) is 4.74 Å². The van der Waals surface area contributed by atoms with Crippen molar-refractivity contribution in [2.45, 2.75) is 20.0 Å². The van der Waals surface area contributed by atoms with Gasteiger partial charge < -0.3 is 15.0 Å². The molecule has 0 atom stereocenters. The maximum atomic E-state index is 12.8. The molecule has 5 heteroatoms. The van der Waals surface area contributed by atoms with Crippen LogP contribution < -0.4 is 10.1 Å². The number of piperazine rings is 1. The predicted molar refractivity (Wildman–Crippen MR) is 86.3 cm³/mol. The summed E-state index contributed by atoms with van der Waals surface area (Å²) in [6.45, 7) is 7.13. The Morgan fingerprint density at radius 3 is 2.77 bits per heavy atom. The molecular weight excluding hydrogens is 278 g/mol. The second-order valence-corrected chi connectivity index (χ2v) is 5.72. The molecule has 2 heterocycles. The molecule has 1 fully saturated rings. The molecule has 1 aromatic carbocycles. The highest BCUT2D eigenvalue weighted by Crippen LogP contribution is 2.28. The van der Waals surface area contributed by atoms with Crippen molar-refractivity contribution in [3.05, 3.63) is 36.0 Å². The molecule has 1 amide bonds. The summed E-state index contributed by atoms with van der Waals surface area (Å²) in [5.74, 6) is 0.790. The summed E-state index contributed by atoms with van der Waals surface area (Å²) in [5.41, 5.74) is 1.44. The quantitative estimate of drug-likeness (QED) is 0.942. The summed E-state index contributed by atoms with van der Waals surface area (Å²) in [6.07, 6.45) is 1.80. The van der Waals surface area contributed by atoms with E-state index in [1.165, 1.54) is 0 Å². The molecule has 0 unspecified atom stereocenters. The van der Waals surface area contributed by atoms with Gasteiger partial charge in [0.2, 0.25) is 0 Å². The molecule has 5 nitrogen and oxygen atoms in total. The molecule has 3 rings (SSSR count). The summed E-state index contributed by atoms with van der Waals surface area (Å²) < 4.78 is 5.81. The van der Waals surface area contributed by atoms with Crippen LogP contribution >= 0.6 is 0 Å². The summed E-state index contributed by atoms with van der Waals surface area (Å²) in [7, 11) is 0. The van der Waals surface area contributed by atoms with E-state index in [9.17, 15) is 4.79 Å². The molecule has 0 saturated carbocycles. The van der Waals surface area contributed by atoms with Gasteiger partial charge >= 0.3 is 0 Å². The predicted octanol–water partition coefficient (Wildman–Crippen LogP) is 2.07. The average Bonchev–Trinajstić information content (AvgIpc) is 2.55. The number of aromatic nitrogens is 1. The number of carbonyl (C=O) groups excluding carboxylic acids is 1. The van der Waals surface area contributed by atoms with E-state index in [1.54, 1.807) is 6.20 Å². The molecule has 116 valence electrons. The molecule has 1 aliphatic heterocycles. The number of pyridine rings is 1. The molecular formula is C17H21N3O2. The third-order valence-corrected chi connectivity index (χ3v) is 3.73. The van der Waals surface area contributed by atoms with Crippen LogP contribution in [-0.2, 0) is 0 Å². The highest BCUT2D eigenvalue weighted by molar-refractivity contribution is 6.07. The molecule has 1 aromatic heterocycles. The minimum atomic E-state index is 0.0654. The first-order chi connectivity index (χ1) is 10.7. The van der Waals surface area contributed by atoms with Gasteiger partial charge in [0.1, 0.15) is 11.3 Å². The fraction of sp³-hybridized carbons (Fsp3) is 0.412. The van der Waals surface area contributed by atoms with Gasteiger partial charge in [0.05, 0.1) is 6.10 Å². The van der Waals surface area contributed by atoms with Gasteiger partial charge in [-0.1, -0.05) is 6.07 Å². The van der Waals surface area contributed by atoms with Gasteiger partial charge in [0.25, 0.3) is 5.91 Å². The smallest absolute Gasteiger partial charge is 0.254 e. The lowest BCUT2D eigenvalue weighted by atomic mass is 10.1. The second kappa shape index (κ2) is 6.32. The Kier molecular flexibility index (Phi) is 4.24. The third kappa shape index (κ3) is 2.90. The average molecular weight is 299 g/mol. The molecule has 2 aromatic rings. The highest BCUT2D eigenvalue weighted by atomic mass is 16.5. The fourth-order valence-electron chi connectivity index (χ4n) is 2.72. The zero-order valence-electron chi connectivity index (χ0n) is 13.0.